The molecule has 6 rings (SSSR count). The Morgan fingerprint density at radius 3 is 1.47 bits per heavy atom. The van der Waals surface area contributed by atoms with Crippen LogP contribution >= 0.6 is 0 Å². The van der Waals surface area contributed by atoms with Crippen LogP contribution in [0.1, 0.15) is 11.1 Å². The van der Waals surface area contributed by atoms with E-state index in [1.54, 1.807) is 0 Å². The average molecular weight is 627 g/mol. The van der Waals surface area contributed by atoms with Crippen LogP contribution in [0.5, 0.6) is 11.5 Å². The number of hydrogen-bond acceptors (Lipinski definition) is 1. The number of rotatable bonds is 2. The maximum atomic E-state index is 5.85. The van der Waals surface area contributed by atoms with Crippen LogP contribution in [0, 0.1) is 13.8 Å². The van der Waals surface area contributed by atoms with E-state index in [9.17, 15) is 0 Å². The fraction of sp³-hybridized carbons (Fsp3) is 0.0690. The van der Waals surface area contributed by atoms with Crippen molar-refractivity contribution in [3.05, 3.63) is 126 Å². The number of nitrogens with zero attached hydrogens (tertiary/aromatic N) is 3. The molecule has 4 aromatic rings. The van der Waals surface area contributed by atoms with Gasteiger partial charge in [-0.05, 0) is 26.0 Å². The molecule has 0 aromatic heterocycles. The largest absolute Gasteiger partial charge is 1.00 e. The van der Waals surface area contributed by atoms with E-state index >= 15 is 0 Å². The van der Waals surface area contributed by atoms with Gasteiger partial charge < -0.3 is 10.1 Å². The maximum absolute atomic E-state index is 5.85. The molecule has 0 radical (unpaired) electrons. The standard InChI is InChI=1S/C15H12N2.C14H12NO.Au/c1-3-7-14(8-4-1)16-11-12-17(13-16)15-9-5-2-6-10-15;1-9-5-3-7-11-13(9)15-14-10(2)6-4-8-12(14)16-11;/h1-12H;3-8H,1-2H3;/q+2;-1;+1. The van der Waals surface area contributed by atoms with Gasteiger partial charge in [-0.1, -0.05) is 92.3 Å². The number of benzene rings is 4. The zero-order valence-electron chi connectivity index (χ0n) is 18.9. The van der Waals surface area contributed by atoms with Gasteiger partial charge in [-0.3, -0.25) is 0 Å². The first-order valence-electron chi connectivity index (χ1n) is 10.9. The Labute approximate surface area is 215 Å². The molecule has 170 valence electrons. The van der Waals surface area contributed by atoms with Crippen molar-refractivity contribution in [1.29, 1.82) is 0 Å². The van der Waals surface area contributed by atoms with Crippen LogP contribution in [-0.2, 0) is 22.4 Å². The van der Waals surface area contributed by atoms with Gasteiger partial charge in [0.05, 0.1) is 0 Å². The van der Waals surface area contributed by atoms with Gasteiger partial charge in [0.25, 0.3) is 12.4 Å². The maximum Gasteiger partial charge on any atom is 1.00 e. The molecule has 0 unspecified atom stereocenters. The quantitative estimate of drug-likeness (QED) is 0.144. The summed E-state index contributed by atoms with van der Waals surface area (Å²) in [5, 5.41) is 4.68. The number of para-hydroxylation sites is 4. The van der Waals surface area contributed by atoms with Gasteiger partial charge in [0, 0.05) is 24.3 Å². The summed E-state index contributed by atoms with van der Waals surface area (Å²) in [6.45, 7) is 4.10. The van der Waals surface area contributed by atoms with Gasteiger partial charge >= 0.3 is 28.4 Å². The minimum Gasteiger partial charge on any atom is -0.651 e. The molecule has 0 amide bonds. The van der Waals surface area contributed by atoms with Gasteiger partial charge in [0.15, 0.2) is 0 Å². The molecule has 2 heterocycles. The summed E-state index contributed by atoms with van der Waals surface area (Å²) in [6.07, 6.45) is 4.00. The number of fused-ring (bicyclic) bond motifs is 2. The molecule has 0 N–H and O–H groups in total. The first-order valence-corrected chi connectivity index (χ1v) is 10.9. The first kappa shape index (κ1) is 23.5. The SMILES string of the molecule is C1=[N+](c2ccccc2)C=C[N+]=1c1ccccc1.Cc1cccc2c1[N-]c1c(C)cccc1O2.[Au+]. The van der Waals surface area contributed by atoms with E-state index in [-0.39, 0.29) is 22.4 Å². The minimum atomic E-state index is 0. The van der Waals surface area contributed by atoms with Crippen LogP contribution in [0.2, 0.25) is 0 Å². The zero-order chi connectivity index (χ0) is 22.6. The summed E-state index contributed by atoms with van der Waals surface area (Å²) in [4.78, 5) is 0. The van der Waals surface area contributed by atoms with E-state index in [2.05, 4.69) is 61.6 Å². The minimum absolute atomic E-state index is 0. The molecule has 0 fully saturated rings. The second-order valence-electron chi connectivity index (χ2n) is 7.87. The van der Waals surface area contributed by atoms with Gasteiger partial charge in [0.2, 0.25) is 11.4 Å². The fourth-order valence-electron chi connectivity index (χ4n) is 3.73. The van der Waals surface area contributed by atoms with Crippen molar-refractivity contribution >= 4 is 28.8 Å². The second kappa shape index (κ2) is 10.5. The third kappa shape index (κ3) is 4.96. The van der Waals surface area contributed by atoms with Crippen LogP contribution in [-0.4, -0.2) is 15.2 Å². The third-order valence-electron chi connectivity index (χ3n) is 5.49. The van der Waals surface area contributed by atoms with Crippen molar-refractivity contribution in [1.82, 2.24) is 0 Å². The molecule has 0 saturated heterocycles. The molecule has 0 saturated carbocycles. The molecule has 0 aliphatic carbocycles. The number of ether oxygens (including phenoxy) is 1. The molecule has 5 heteroatoms. The summed E-state index contributed by atoms with van der Waals surface area (Å²) in [7, 11) is 0. The van der Waals surface area contributed by atoms with E-state index < -0.39 is 0 Å². The van der Waals surface area contributed by atoms with Crippen molar-refractivity contribution in [3.8, 4) is 11.5 Å². The van der Waals surface area contributed by atoms with Crippen LogP contribution in [0.25, 0.3) is 5.32 Å². The Hall–Kier alpha value is -3.66. The fourth-order valence-corrected chi connectivity index (χ4v) is 3.73. The normalized spacial score (nSPS) is 12.4. The summed E-state index contributed by atoms with van der Waals surface area (Å²) in [5.41, 5.74) is 6.41. The third-order valence-corrected chi connectivity index (χ3v) is 5.49. The van der Waals surface area contributed by atoms with E-state index in [4.69, 9.17) is 4.74 Å². The Morgan fingerprint density at radius 1 is 0.588 bits per heavy atom. The molecule has 34 heavy (non-hydrogen) atoms. The Bertz CT molecular complexity index is 1300. The van der Waals surface area contributed by atoms with Crippen LogP contribution in [0.3, 0.4) is 0 Å². The van der Waals surface area contributed by atoms with E-state index in [0.717, 1.165) is 45.4 Å². The van der Waals surface area contributed by atoms with E-state index in [1.807, 2.05) is 82.2 Å². The van der Waals surface area contributed by atoms with Crippen LogP contribution in [0.4, 0.5) is 22.7 Å². The summed E-state index contributed by atoms with van der Waals surface area (Å²) in [5.74, 6) is 1.69. The molecule has 2 aliphatic heterocycles. The monoisotopic (exact) mass is 627 g/mol. The molecule has 2 aliphatic rings. The molecule has 4 nitrogen and oxygen atoms in total. The first-order chi connectivity index (χ1) is 16.2. The summed E-state index contributed by atoms with van der Waals surface area (Å²) < 4.78 is 9.80. The predicted octanol–water partition coefficient (Wildman–Crippen LogP) is 8.08. The smallest absolute Gasteiger partial charge is 0.651 e. The number of aryl methyl sites for hydroxylation is 2. The molecule has 0 atom stereocenters. The van der Waals surface area contributed by atoms with E-state index in [0.29, 0.717) is 0 Å². The Kier molecular flexibility index (Phi) is 7.27. The average Bonchev–Trinajstić information content (AvgIpc) is 3.36. The number of hydrogen-bond donors (Lipinski definition) is 0. The Balaban J connectivity index is 0.000000157. The van der Waals surface area contributed by atoms with E-state index in [1.165, 1.54) is 0 Å². The molecule has 0 spiro atoms. The van der Waals surface area contributed by atoms with Crippen molar-refractivity contribution in [2.24, 2.45) is 0 Å². The van der Waals surface area contributed by atoms with Crippen molar-refractivity contribution in [3.63, 3.8) is 0 Å². The second-order valence-corrected chi connectivity index (χ2v) is 7.87. The molecule has 0 bridgehead atoms. The van der Waals surface area contributed by atoms with Gasteiger partial charge in [0.1, 0.15) is 11.5 Å². The predicted molar refractivity (Wildman–Crippen MR) is 132 cm³/mol. The van der Waals surface area contributed by atoms with Gasteiger partial charge in [-0.2, -0.15) is 0 Å². The van der Waals surface area contributed by atoms with Crippen molar-refractivity contribution < 1.29 is 36.3 Å². The molecular formula is C29H24AuN3O+2. The molecular weight excluding hydrogens is 603 g/mol. The van der Waals surface area contributed by atoms with Crippen molar-refractivity contribution in [2.45, 2.75) is 13.8 Å². The Morgan fingerprint density at radius 2 is 1.03 bits per heavy atom. The van der Waals surface area contributed by atoms with Gasteiger partial charge in [-0.25, -0.2) is 0 Å². The zero-order valence-corrected chi connectivity index (χ0v) is 21.1. The van der Waals surface area contributed by atoms with Crippen LogP contribution < -0.4 is 4.74 Å². The summed E-state index contributed by atoms with van der Waals surface area (Å²) >= 11 is 0. The summed E-state index contributed by atoms with van der Waals surface area (Å²) in [6, 6.07) is 35.6. The van der Waals surface area contributed by atoms with Gasteiger partial charge in [-0.15, -0.1) is 0 Å². The molecule has 4 aromatic carbocycles. The van der Waals surface area contributed by atoms with Crippen molar-refractivity contribution in [2.75, 3.05) is 0 Å². The topological polar surface area (TPSA) is 29.4 Å². The van der Waals surface area contributed by atoms with Crippen LogP contribution in [0.15, 0.2) is 109 Å².